The van der Waals surface area contributed by atoms with Gasteiger partial charge in [0, 0.05) is 31.1 Å². The van der Waals surface area contributed by atoms with Crippen LogP contribution in [-0.2, 0) is 17.8 Å². The van der Waals surface area contributed by atoms with Gasteiger partial charge in [-0.25, -0.2) is 4.79 Å². The van der Waals surface area contributed by atoms with Crippen molar-refractivity contribution in [1.29, 1.82) is 0 Å². The Morgan fingerprint density at radius 3 is 2.67 bits per heavy atom. The SMILES string of the molecule is O=C(Cc1ccsc1)N1CCCN(C(=O)NCc2cccs2)CC1. The highest BCUT2D eigenvalue weighted by Crippen LogP contribution is 2.11. The number of hydrogen-bond donors (Lipinski definition) is 1. The quantitative estimate of drug-likeness (QED) is 0.908. The van der Waals surface area contributed by atoms with Crippen molar-refractivity contribution in [3.05, 3.63) is 44.8 Å². The molecule has 1 fully saturated rings. The molecule has 0 aromatic carbocycles. The van der Waals surface area contributed by atoms with E-state index in [0.29, 0.717) is 32.6 Å². The van der Waals surface area contributed by atoms with Gasteiger partial charge in [-0.3, -0.25) is 4.79 Å². The third-order valence-corrected chi connectivity index (χ3v) is 5.67. The van der Waals surface area contributed by atoms with Crippen molar-refractivity contribution < 1.29 is 9.59 Å². The van der Waals surface area contributed by atoms with Gasteiger partial charge in [-0.15, -0.1) is 11.3 Å². The third kappa shape index (κ3) is 4.58. The number of carbonyl (C=O) groups excluding carboxylic acids is 2. The van der Waals surface area contributed by atoms with Crippen LogP contribution in [0.25, 0.3) is 0 Å². The lowest BCUT2D eigenvalue weighted by molar-refractivity contribution is -0.130. The van der Waals surface area contributed by atoms with E-state index in [1.807, 2.05) is 44.1 Å². The molecule has 5 nitrogen and oxygen atoms in total. The van der Waals surface area contributed by atoms with Gasteiger partial charge in [0.05, 0.1) is 13.0 Å². The largest absolute Gasteiger partial charge is 0.341 e. The zero-order chi connectivity index (χ0) is 16.8. The van der Waals surface area contributed by atoms with Crippen LogP contribution in [0, 0.1) is 0 Å². The lowest BCUT2D eigenvalue weighted by Crippen LogP contribution is -2.42. The minimum absolute atomic E-state index is 0.0458. The molecule has 3 rings (SSSR count). The second-order valence-corrected chi connectivity index (χ2v) is 7.58. The molecule has 0 atom stereocenters. The van der Waals surface area contributed by atoms with E-state index in [4.69, 9.17) is 0 Å². The van der Waals surface area contributed by atoms with Crippen LogP contribution in [0.5, 0.6) is 0 Å². The Morgan fingerprint density at radius 1 is 1.08 bits per heavy atom. The maximum Gasteiger partial charge on any atom is 0.317 e. The first kappa shape index (κ1) is 17.0. The van der Waals surface area contributed by atoms with Crippen LogP contribution in [0.15, 0.2) is 34.3 Å². The molecule has 1 aliphatic heterocycles. The summed E-state index contributed by atoms with van der Waals surface area (Å²) in [6.07, 6.45) is 1.27. The summed E-state index contributed by atoms with van der Waals surface area (Å²) in [6, 6.07) is 5.94. The van der Waals surface area contributed by atoms with Gasteiger partial charge in [-0.05, 0) is 40.3 Å². The van der Waals surface area contributed by atoms with Crippen LogP contribution >= 0.6 is 22.7 Å². The molecule has 1 aliphatic rings. The predicted molar refractivity (Wildman–Crippen MR) is 97.3 cm³/mol. The maximum atomic E-state index is 12.4. The Kier molecular flexibility index (Phi) is 5.87. The molecule has 24 heavy (non-hydrogen) atoms. The Bertz CT molecular complexity index is 655. The monoisotopic (exact) mass is 363 g/mol. The number of nitrogens with one attached hydrogen (secondary N) is 1. The molecule has 0 bridgehead atoms. The summed E-state index contributed by atoms with van der Waals surface area (Å²) in [5.41, 5.74) is 1.07. The van der Waals surface area contributed by atoms with Gasteiger partial charge in [-0.1, -0.05) is 6.07 Å². The molecule has 1 saturated heterocycles. The molecule has 2 aromatic heterocycles. The summed E-state index contributed by atoms with van der Waals surface area (Å²) in [7, 11) is 0. The molecule has 3 heterocycles. The number of amides is 3. The van der Waals surface area contributed by atoms with Crippen molar-refractivity contribution in [2.75, 3.05) is 26.2 Å². The van der Waals surface area contributed by atoms with E-state index in [0.717, 1.165) is 23.4 Å². The van der Waals surface area contributed by atoms with Gasteiger partial charge in [0.2, 0.25) is 5.91 Å². The Balaban J connectivity index is 1.47. The smallest absolute Gasteiger partial charge is 0.317 e. The molecular formula is C17H21N3O2S2. The van der Waals surface area contributed by atoms with Gasteiger partial charge in [0.15, 0.2) is 0 Å². The number of urea groups is 1. The molecule has 0 saturated carbocycles. The molecule has 2 aromatic rings. The average Bonchev–Trinajstić information content (AvgIpc) is 3.22. The summed E-state index contributed by atoms with van der Waals surface area (Å²) in [6.45, 7) is 3.17. The van der Waals surface area contributed by atoms with Crippen LogP contribution < -0.4 is 5.32 Å². The number of carbonyl (C=O) groups is 2. The van der Waals surface area contributed by atoms with Crippen molar-refractivity contribution >= 4 is 34.6 Å². The van der Waals surface area contributed by atoms with E-state index in [-0.39, 0.29) is 11.9 Å². The molecule has 0 radical (unpaired) electrons. The zero-order valence-electron chi connectivity index (χ0n) is 13.4. The van der Waals surface area contributed by atoms with E-state index in [1.54, 1.807) is 22.7 Å². The van der Waals surface area contributed by atoms with Crippen molar-refractivity contribution in [3.8, 4) is 0 Å². The van der Waals surface area contributed by atoms with Gasteiger partial charge in [0.1, 0.15) is 0 Å². The highest BCUT2D eigenvalue weighted by molar-refractivity contribution is 7.09. The molecule has 3 amide bonds. The van der Waals surface area contributed by atoms with Gasteiger partial charge in [0.25, 0.3) is 0 Å². The summed E-state index contributed by atoms with van der Waals surface area (Å²) in [5.74, 6) is 0.147. The van der Waals surface area contributed by atoms with Crippen molar-refractivity contribution in [2.45, 2.75) is 19.4 Å². The van der Waals surface area contributed by atoms with Crippen LogP contribution in [0.3, 0.4) is 0 Å². The fraction of sp³-hybridized carbons (Fsp3) is 0.412. The van der Waals surface area contributed by atoms with Gasteiger partial charge >= 0.3 is 6.03 Å². The zero-order valence-corrected chi connectivity index (χ0v) is 15.1. The normalized spacial score (nSPS) is 15.2. The first-order valence-electron chi connectivity index (χ1n) is 8.06. The fourth-order valence-corrected chi connectivity index (χ4v) is 4.05. The van der Waals surface area contributed by atoms with Gasteiger partial charge < -0.3 is 15.1 Å². The number of hydrogen-bond acceptors (Lipinski definition) is 4. The molecule has 0 unspecified atom stereocenters. The lowest BCUT2D eigenvalue weighted by atomic mass is 10.2. The predicted octanol–water partition coefficient (Wildman–Crippen LogP) is 2.80. The average molecular weight is 364 g/mol. The van der Waals surface area contributed by atoms with E-state index >= 15 is 0 Å². The molecule has 128 valence electrons. The lowest BCUT2D eigenvalue weighted by Gasteiger charge is -2.22. The molecular weight excluding hydrogens is 342 g/mol. The van der Waals surface area contributed by atoms with Crippen LogP contribution in [0.1, 0.15) is 16.9 Å². The summed E-state index contributed by atoms with van der Waals surface area (Å²) < 4.78 is 0. The van der Waals surface area contributed by atoms with E-state index < -0.39 is 0 Å². The summed E-state index contributed by atoms with van der Waals surface area (Å²) in [5, 5.41) is 8.97. The highest BCUT2D eigenvalue weighted by atomic mass is 32.1. The van der Waals surface area contributed by atoms with Crippen molar-refractivity contribution in [3.63, 3.8) is 0 Å². The number of nitrogens with zero attached hydrogens (tertiary/aromatic N) is 2. The molecule has 0 spiro atoms. The first-order chi connectivity index (χ1) is 11.7. The second kappa shape index (κ2) is 8.30. The van der Waals surface area contributed by atoms with E-state index in [9.17, 15) is 9.59 Å². The van der Waals surface area contributed by atoms with Gasteiger partial charge in [-0.2, -0.15) is 11.3 Å². The van der Waals surface area contributed by atoms with E-state index in [2.05, 4.69) is 5.32 Å². The van der Waals surface area contributed by atoms with Crippen molar-refractivity contribution in [2.24, 2.45) is 0 Å². The fourth-order valence-electron chi connectivity index (χ4n) is 2.74. The summed E-state index contributed by atoms with van der Waals surface area (Å²) >= 11 is 3.25. The summed E-state index contributed by atoms with van der Waals surface area (Å²) in [4.78, 5) is 29.5. The number of thiophene rings is 2. The molecule has 7 heteroatoms. The number of rotatable bonds is 4. The first-order valence-corrected chi connectivity index (χ1v) is 9.88. The standard InChI is InChI=1S/C17H21N3O2S2/c21-16(11-14-4-10-23-13-14)19-5-2-6-20(8-7-19)17(22)18-12-15-3-1-9-24-15/h1,3-4,9-10,13H,2,5-8,11-12H2,(H,18,22). The minimum Gasteiger partial charge on any atom is -0.341 e. The minimum atomic E-state index is -0.0458. The van der Waals surface area contributed by atoms with Crippen LogP contribution in [-0.4, -0.2) is 47.9 Å². The topological polar surface area (TPSA) is 52.7 Å². The van der Waals surface area contributed by atoms with Crippen molar-refractivity contribution in [1.82, 2.24) is 15.1 Å². The van der Waals surface area contributed by atoms with Crippen LogP contribution in [0.4, 0.5) is 4.79 Å². The molecule has 1 N–H and O–H groups in total. The Morgan fingerprint density at radius 2 is 1.92 bits per heavy atom. The van der Waals surface area contributed by atoms with E-state index in [1.165, 1.54) is 0 Å². The third-order valence-electron chi connectivity index (χ3n) is 4.07. The Hall–Kier alpha value is -1.86. The maximum absolute atomic E-state index is 12.4. The van der Waals surface area contributed by atoms with Crippen LogP contribution in [0.2, 0.25) is 0 Å². The highest BCUT2D eigenvalue weighted by Gasteiger charge is 2.22. The molecule has 0 aliphatic carbocycles. The Labute approximate surface area is 149 Å². The second-order valence-electron chi connectivity index (χ2n) is 5.77.